The standard InChI is InChI=1S/C29H27N3O4/c1-35-27-16-21(11-13-31-27)17-32(14-4-5-20-10-12-30-26(33)15-20)18-23-19-36-29-24-7-3-2-6-22(24)8-9-25(29)28(23)34/h2-3,6-13,15-16,19H,4-5,14,17-18H2,1H3,(H,30,33). The zero-order chi connectivity index (χ0) is 24.9. The monoisotopic (exact) mass is 481 g/mol. The lowest BCUT2D eigenvalue weighted by atomic mass is 10.1. The van der Waals surface area contributed by atoms with Gasteiger partial charge in [0.05, 0.1) is 18.8 Å². The van der Waals surface area contributed by atoms with Crippen molar-refractivity contribution in [3.05, 3.63) is 117 Å². The van der Waals surface area contributed by atoms with Crippen molar-refractivity contribution in [2.45, 2.75) is 25.9 Å². The van der Waals surface area contributed by atoms with Crippen LogP contribution in [-0.4, -0.2) is 28.5 Å². The number of hydrogen-bond acceptors (Lipinski definition) is 6. The third-order valence-corrected chi connectivity index (χ3v) is 6.32. The van der Waals surface area contributed by atoms with Crippen LogP contribution in [-0.2, 0) is 19.5 Å². The minimum Gasteiger partial charge on any atom is -0.481 e. The third kappa shape index (κ3) is 5.21. The summed E-state index contributed by atoms with van der Waals surface area (Å²) in [4.78, 5) is 34.1. The molecule has 0 unspecified atom stereocenters. The van der Waals surface area contributed by atoms with Crippen LogP contribution in [0.5, 0.6) is 5.88 Å². The van der Waals surface area contributed by atoms with E-state index in [2.05, 4.69) is 14.9 Å². The minimum absolute atomic E-state index is 0.0195. The Morgan fingerprint density at radius 1 is 0.972 bits per heavy atom. The zero-order valence-corrected chi connectivity index (χ0v) is 20.1. The van der Waals surface area contributed by atoms with E-state index in [1.807, 2.05) is 54.6 Å². The summed E-state index contributed by atoms with van der Waals surface area (Å²) < 4.78 is 11.3. The van der Waals surface area contributed by atoms with Crippen LogP contribution < -0.4 is 15.7 Å². The van der Waals surface area contributed by atoms with Crippen molar-refractivity contribution in [2.24, 2.45) is 0 Å². The Morgan fingerprint density at radius 3 is 2.72 bits per heavy atom. The molecule has 0 atom stereocenters. The Kier molecular flexibility index (Phi) is 6.91. The quantitative estimate of drug-likeness (QED) is 0.308. The van der Waals surface area contributed by atoms with Gasteiger partial charge in [-0.2, -0.15) is 0 Å². The number of aromatic nitrogens is 2. The van der Waals surface area contributed by atoms with Gasteiger partial charge in [-0.3, -0.25) is 14.5 Å². The van der Waals surface area contributed by atoms with Gasteiger partial charge in [-0.15, -0.1) is 0 Å². The Bertz CT molecular complexity index is 1620. The highest BCUT2D eigenvalue weighted by Gasteiger charge is 2.15. The predicted octanol–water partition coefficient (Wildman–Crippen LogP) is 4.67. The highest BCUT2D eigenvalue weighted by molar-refractivity contribution is 6.03. The first-order chi connectivity index (χ1) is 17.6. The molecule has 0 bridgehead atoms. The van der Waals surface area contributed by atoms with Crippen molar-refractivity contribution >= 4 is 21.7 Å². The molecule has 3 heterocycles. The minimum atomic E-state index is -0.102. The molecule has 3 aromatic heterocycles. The number of hydrogen-bond donors (Lipinski definition) is 1. The molecule has 0 saturated carbocycles. The van der Waals surface area contributed by atoms with E-state index in [1.54, 1.807) is 31.8 Å². The molecule has 0 fully saturated rings. The fourth-order valence-electron chi connectivity index (χ4n) is 4.54. The van der Waals surface area contributed by atoms with Gasteiger partial charge in [-0.05, 0) is 54.1 Å². The molecule has 1 N–H and O–H groups in total. The lowest BCUT2D eigenvalue weighted by Gasteiger charge is -2.22. The number of fused-ring (bicyclic) bond motifs is 3. The van der Waals surface area contributed by atoms with Crippen LogP contribution in [0.15, 0.2) is 93.3 Å². The lowest BCUT2D eigenvalue weighted by molar-refractivity contribution is 0.250. The number of rotatable bonds is 9. The van der Waals surface area contributed by atoms with E-state index < -0.39 is 0 Å². The molecule has 0 aliphatic rings. The molecule has 0 aliphatic carbocycles. The summed E-state index contributed by atoms with van der Waals surface area (Å²) in [6, 6.07) is 19.1. The van der Waals surface area contributed by atoms with E-state index in [1.165, 1.54) is 0 Å². The molecule has 182 valence electrons. The van der Waals surface area contributed by atoms with Crippen molar-refractivity contribution < 1.29 is 9.15 Å². The molecule has 0 radical (unpaired) electrons. The highest BCUT2D eigenvalue weighted by Crippen LogP contribution is 2.24. The number of ether oxygens (including phenoxy) is 1. The molecule has 5 rings (SSSR count). The van der Waals surface area contributed by atoms with Gasteiger partial charge in [0, 0.05) is 48.6 Å². The maximum absolute atomic E-state index is 13.4. The van der Waals surface area contributed by atoms with Gasteiger partial charge in [0.15, 0.2) is 5.43 Å². The number of aryl methyl sites for hydroxylation is 1. The van der Waals surface area contributed by atoms with Crippen molar-refractivity contribution in [3.8, 4) is 5.88 Å². The van der Waals surface area contributed by atoms with Crippen LogP contribution in [0.2, 0.25) is 0 Å². The number of methoxy groups -OCH3 is 1. The Balaban J connectivity index is 1.41. The number of H-pyrrole nitrogens is 1. The van der Waals surface area contributed by atoms with Crippen LogP contribution in [0, 0.1) is 0 Å². The molecule has 36 heavy (non-hydrogen) atoms. The van der Waals surface area contributed by atoms with E-state index in [0.29, 0.717) is 35.5 Å². The SMILES string of the molecule is COc1cc(CN(CCCc2cc[nH]c(=O)c2)Cc2coc3c(ccc4ccccc43)c2=O)ccn1. The summed E-state index contributed by atoms with van der Waals surface area (Å²) in [6.45, 7) is 1.78. The average molecular weight is 482 g/mol. The smallest absolute Gasteiger partial charge is 0.248 e. The van der Waals surface area contributed by atoms with Gasteiger partial charge in [0.1, 0.15) is 5.58 Å². The molecule has 0 aliphatic heterocycles. The molecule has 7 nitrogen and oxygen atoms in total. The van der Waals surface area contributed by atoms with Crippen LogP contribution >= 0.6 is 0 Å². The van der Waals surface area contributed by atoms with Gasteiger partial charge in [0.2, 0.25) is 11.4 Å². The number of benzene rings is 2. The second-order valence-corrected chi connectivity index (χ2v) is 8.84. The Hall–Kier alpha value is -4.23. The van der Waals surface area contributed by atoms with Crippen molar-refractivity contribution in [1.29, 1.82) is 0 Å². The summed E-state index contributed by atoms with van der Waals surface area (Å²) >= 11 is 0. The lowest BCUT2D eigenvalue weighted by Crippen LogP contribution is -2.27. The molecular formula is C29H27N3O4. The summed E-state index contributed by atoms with van der Waals surface area (Å²) in [5, 5.41) is 2.55. The molecule has 0 amide bonds. The van der Waals surface area contributed by atoms with Gasteiger partial charge in [-0.1, -0.05) is 30.3 Å². The van der Waals surface area contributed by atoms with Crippen molar-refractivity contribution in [2.75, 3.05) is 13.7 Å². The van der Waals surface area contributed by atoms with Gasteiger partial charge < -0.3 is 14.1 Å². The third-order valence-electron chi connectivity index (χ3n) is 6.32. The van der Waals surface area contributed by atoms with E-state index in [0.717, 1.165) is 41.3 Å². The van der Waals surface area contributed by atoms with Gasteiger partial charge in [0.25, 0.3) is 0 Å². The Morgan fingerprint density at radius 2 is 1.86 bits per heavy atom. The number of pyridine rings is 2. The molecule has 5 aromatic rings. The van der Waals surface area contributed by atoms with Crippen molar-refractivity contribution in [3.63, 3.8) is 0 Å². The molecule has 7 heteroatoms. The molecule has 2 aromatic carbocycles. The second-order valence-electron chi connectivity index (χ2n) is 8.84. The van der Waals surface area contributed by atoms with E-state index >= 15 is 0 Å². The number of aromatic amines is 1. The van der Waals surface area contributed by atoms with E-state index in [9.17, 15) is 9.59 Å². The van der Waals surface area contributed by atoms with Crippen molar-refractivity contribution in [1.82, 2.24) is 14.9 Å². The molecule has 0 spiro atoms. The first kappa shape index (κ1) is 23.5. The topological polar surface area (TPSA) is 88.4 Å². The van der Waals surface area contributed by atoms with Crippen LogP contribution in [0.1, 0.15) is 23.1 Å². The molecule has 0 saturated heterocycles. The first-order valence-corrected chi connectivity index (χ1v) is 11.9. The van der Waals surface area contributed by atoms with Crippen LogP contribution in [0.4, 0.5) is 0 Å². The summed E-state index contributed by atoms with van der Waals surface area (Å²) in [6.07, 6.45) is 6.57. The van der Waals surface area contributed by atoms with Crippen LogP contribution in [0.25, 0.3) is 21.7 Å². The summed E-state index contributed by atoms with van der Waals surface area (Å²) in [5.74, 6) is 0.549. The predicted molar refractivity (Wildman–Crippen MR) is 140 cm³/mol. The van der Waals surface area contributed by atoms with Gasteiger partial charge >= 0.3 is 0 Å². The maximum atomic E-state index is 13.4. The fraction of sp³-hybridized carbons (Fsp3) is 0.207. The molecular weight excluding hydrogens is 454 g/mol. The fourth-order valence-corrected chi connectivity index (χ4v) is 4.54. The largest absolute Gasteiger partial charge is 0.481 e. The maximum Gasteiger partial charge on any atom is 0.248 e. The van der Waals surface area contributed by atoms with Gasteiger partial charge in [-0.25, -0.2) is 4.98 Å². The normalized spacial score (nSPS) is 11.4. The highest BCUT2D eigenvalue weighted by atomic mass is 16.5. The first-order valence-electron chi connectivity index (χ1n) is 11.9. The Labute approximate surface area is 208 Å². The summed E-state index contributed by atoms with van der Waals surface area (Å²) in [7, 11) is 1.59. The zero-order valence-electron chi connectivity index (χ0n) is 20.1. The summed E-state index contributed by atoms with van der Waals surface area (Å²) in [5.41, 5.74) is 3.12. The number of nitrogens with zero attached hydrogens (tertiary/aromatic N) is 2. The van der Waals surface area contributed by atoms with E-state index in [-0.39, 0.29) is 11.0 Å². The van der Waals surface area contributed by atoms with E-state index in [4.69, 9.17) is 9.15 Å². The second kappa shape index (κ2) is 10.6. The average Bonchev–Trinajstić information content (AvgIpc) is 2.90. The number of nitrogens with one attached hydrogen (secondary N) is 1. The van der Waals surface area contributed by atoms with Crippen LogP contribution in [0.3, 0.4) is 0 Å².